The Balaban J connectivity index is 2.63. The molecule has 1 heterocycles. The van der Waals surface area contributed by atoms with Crippen molar-refractivity contribution < 1.29 is 49.3 Å². The number of unbranched alkanes of at least 4 members (excludes halogenated alkanes) is 27. The number of allylic oxidation sites excluding steroid dienone is 19. The summed E-state index contributed by atoms with van der Waals surface area (Å²) >= 11 is 0. The van der Waals surface area contributed by atoms with Crippen LogP contribution in [0.2, 0.25) is 0 Å². The van der Waals surface area contributed by atoms with E-state index in [9.17, 15) is 35.1 Å². The lowest BCUT2D eigenvalue weighted by atomic mass is 9.99. The number of amides is 1. The zero-order chi connectivity index (χ0) is 63.1. The summed E-state index contributed by atoms with van der Waals surface area (Å²) in [6, 6.07) is -1.04. The fourth-order valence-electron chi connectivity index (χ4n) is 10.3. The number of carbonyl (C=O) groups excluding carboxylic acids is 2. The van der Waals surface area contributed by atoms with Crippen LogP contribution in [0.25, 0.3) is 0 Å². The summed E-state index contributed by atoms with van der Waals surface area (Å²) in [4.78, 5) is 26.7. The lowest BCUT2D eigenvalue weighted by Gasteiger charge is -2.41. The Kier molecular flexibility index (Phi) is 58.0. The normalized spacial score (nSPS) is 19.0. The maximum absolute atomic E-state index is 13.5. The van der Waals surface area contributed by atoms with Gasteiger partial charge in [0, 0.05) is 6.42 Å². The first-order valence-electron chi connectivity index (χ1n) is 35.3. The first-order chi connectivity index (χ1) is 42.7. The minimum absolute atomic E-state index is 0.0945. The van der Waals surface area contributed by atoms with E-state index in [0.717, 1.165) is 135 Å². The van der Waals surface area contributed by atoms with Crippen LogP contribution < -0.4 is 5.32 Å². The second-order valence-electron chi connectivity index (χ2n) is 23.9. The molecular weight excluding hydrogens is 1090 g/mol. The Labute approximate surface area is 531 Å². The summed E-state index contributed by atoms with van der Waals surface area (Å²) in [6.07, 6.45) is 76.5. The molecule has 11 heteroatoms. The van der Waals surface area contributed by atoms with E-state index >= 15 is 0 Å². The highest BCUT2D eigenvalue weighted by atomic mass is 16.7. The maximum atomic E-state index is 13.5. The van der Waals surface area contributed by atoms with E-state index in [1.54, 1.807) is 6.08 Å². The van der Waals surface area contributed by atoms with Crippen LogP contribution in [0.3, 0.4) is 0 Å². The van der Waals surface area contributed by atoms with Crippen molar-refractivity contribution in [3.8, 4) is 0 Å². The van der Waals surface area contributed by atoms with E-state index in [1.165, 1.54) is 103 Å². The van der Waals surface area contributed by atoms with Crippen molar-refractivity contribution >= 4 is 11.9 Å². The van der Waals surface area contributed by atoms with Crippen molar-refractivity contribution in [2.45, 2.75) is 333 Å². The van der Waals surface area contributed by atoms with Crippen molar-refractivity contribution in [1.82, 2.24) is 5.32 Å². The summed E-state index contributed by atoms with van der Waals surface area (Å²) in [5.74, 6) is -1.22. The molecule has 11 nitrogen and oxygen atoms in total. The first kappa shape index (κ1) is 81.1. The molecule has 0 aromatic heterocycles. The quantitative estimate of drug-likeness (QED) is 0.0195. The van der Waals surface area contributed by atoms with Crippen molar-refractivity contribution in [2.24, 2.45) is 0 Å². The van der Waals surface area contributed by atoms with E-state index in [2.05, 4.69) is 135 Å². The van der Waals surface area contributed by atoms with Crippen LogP contribution in [-0.4, -0.2) is 99.6 Å². The number of ether oxygens (including phenoxy) is 3. The molecular formula is C76H129NO10. The highest BCUT2D eigenvalue weighted by Crippen LogP contribution is 2.26. The Bertz CT molecular complexity index is 1880. The van der Waals surface area contributed by atoms with Gasteiger partial charge in [-0.1, -0.05) is 284 Å². The predicted molar refractivity (Wildman–Crippen MR) is 365 cm³/mol. The number of aliphatic hydroxyl groups is 5. The second-order valence-corrected chi connectivity index (χ2v) is 23.9. The third kappa shape index (κ3) is 49.5. The highest BCUT2D eigenvalue weighted by Gasteiger charge is 2.47. The molecule has 1 amide bonds. The number of aliphatic hydroxyl groups excluding tert-OH is 5. The molecule has 0 aromatic carbocycles. The summed E-state index contributed by atoms with van der Waals surface area (Å²) in [5, 5.41) is 57.3. The largest absolute Gasteiger partial charge is 0.454 e. The topological polar surface area (TPSA) is 175 Å². The molecule has 1 fully saturated rings. The number of rotatable bonds is 59. The van der Waals surface area contributed by atoms with Gasteiger partial charge in [0.05, 0.1) is 25.4 Å². The monoisotopic (exact) mass is 1220 g/mol. The Hall–Kier alpha value is -3.94. The van der Waals surface area contributed by atoms with E-state index in [4.69, 9.17) is 14.2 Å². The third-order valence-electron chi connectivity index (χ3n) is 15.8. The number of hydrogen-bond donors (Lipinski definition) is 6. The molecule has 0 saturated carbocycles. The first-order valence-corrected chi connectivity index (χ1v) is 35.3. The van der Waals surface area contributed by atoms with Gasteiger partial charge in [0.1, 0.15) is 24.4 Å². The molecule has 0 aromatic rings. The van der Waals surface area contributed by atoms with Crippen LogP contribution in [0, 0.1) is 0 Å². The van der Waals surface area contributed by atoms with E-state index in [-0.39, 0.29) is 19.4 Å². The van der Waals surface area contributed by atoms with Gasteiger partial charge < -0.3 is 45.1 Å². The Morgan fingerprint density at radius 3 is 1.26 bits per heavy atom. The van der Waals surface area contributed by atoms with E-state index < -0.39 is 67.4 Å². The minimum Gasteiger partial charge on any atom is -0.454 e. The zero-order valence-electron chi connectivity index (χ0n) is 55.3. The Morgan fingerprint density at radius 1 is 0.460 bits per heavy atom. The van der Waals surface area contributed by atoms with Crippen LogP contribution in [0.4, 0.5) is 0 Å². The average molecular weight is 1220 g/mol. The molecule has 1 saturated heterocycles. The molecule has 8 unspecified atom stereocenters. The van der Waals surface area contributed by atoms with Gasteiger partial charge in [-0.3, -0.25) is 9.59 Å². The van der Waals surface area contributed by atoms with Gasteiger partial charge in [0.2, 0.25) is 5.91 Å². The number of hydrogen-bond acceptors (Lipinski definition) is 10. The van der Waals surface area contributed by atoms with Gasteiger partial charge in [-0.2, -0.15) is 0 Å². The lowest BCUT2D eigenvalue weighted by Crippen LogP contribution is -2.61. The van der Waals surface area contributed by atoms with Crippen molar-refractivity contribution in [2.75, 3.05) is 13.2 Å². The molecule has 0 spiro atoms. The molecule has 87 heavy (non-hydrogen) atoms. The molecule has 6 N–H and O–H groups in total. The minimum atomic E-state index is -1.63. The molecule has 1 aliphatic rings. The summed E-state index contributed by atoms with van der Waals surface area (Å²) < 4.78 is 17.7. The number of nitrogens with one attached hydrogen (secondary N) is 1. The van der Waals surface area contributed by atoms with Crippen LogP contribution in [0.1, 0.15) is 284 Å². The van der Waals surface area contributed by atoms with Gasteiger partial charge in [0.15, 0.2) is 12.4 Å². The van der Waals surface area contributed by atoms with Crippen molar-refractivity contribution in [3.05, 3.63) is 122 Å². The standard InChI is InChI=1S/C76H129NO10/c1-4-7-10-13-16-19-22-25-27-29-31-33-34-35-37-38-40-42-45-48-51-54-57-60-63-69(80)75(84)77-67(68(79)62-59-56-53-50-47-44-24-21-18-15-12-9-6-3)66-85-76-74(73(83)72(82)70(65-78)86-76)87-71(81)64-61-58-55-52-49-46-43-41-39-36-32-30-28-26-23-20-17-14-11-8-5-2/h8,11,16-17,19-20,25-28,31-33,35-37,41,43,59,62,67-70,72-74,76,78-80,82-83H,4-7,9-10,12-15,18,21-24,29-30,34,38-40,42,44-58,60-61,63-66H2,1-3H3,(H,77,84)/b11-8-,19-16-,20-17-,27-25-,28-26-,33-31-,36-32-,37-35-,43-41-,62-59+. The van der Waals surface area contributed by atoms with E-state index in [0.29, 0.717) is 12.8 Å². The van der Waals surface area contributed by atoms with Gasteiger partial charge in [-0.25, -0.2) is 0 Å². The molecule has 8 atom stereocenters. The van der Waals surface area contributed by atoms with Crippen molar-refractivity contribution in [1.29, 1.82) is 0 Å². The fraction of sp³-hybridized carbons (Fsp3) is 0.711. The van der Waals surface area contributed by atoms with Gasteiger partial charge in [0.25, 0.3) is 0 Å². The third-order valence-corrected chi connectivity index (χ3v) is 15.8. The zero-order valence-corrected chi connectivity index (χ0v) is 55.3. The maximum Gasteiger partial charge on any atom is 0.306 e. The lowest BCUT2D eigenvalue weighted by molar-refractivity contribution is -0.305. The summed E-state index contributed by atoms with van der Waals surface area (Å²) in [5.41, 5.74) is 0. The van der Waals surface area contributed by atoms with Crippen LogP contribution in [0.15, 0.2) is 122 Å². The van der Waals surface area contributed by atoms with Crippen LogP contribution in [-0.2, 0) is 23.8 Å². The summed E-state index contributed by atoms with van der Waals surface area (Å²) in [7, 11) is 0. The molecule has 0 bridgehead atoms. The molecule has 1 rings (SSSR count). The van der Waals surface area contributed by atoms with Crippen molar-refractivity contribution in [3.63, 3.8) is 0 Å². The van der Waals surface area contributed by atoms with Crippen LogP contribution in [0.5, 0.6) is 0 Å². The smallest absolute Gasteiger partial charge is 0.306 e. The average Bonchev–Trinajstić information content (AvgIpc) is 2.32. The number of carbonyl (C=O) groups is 2. The SMILES string of the molecule is CC/C=C\C/C=C\C/C=C\C/C=C\C/C=C\CCCCCCCC(=O)OC1C(OCC(NC(=O)C(O)CCCCCCCCCC/C=C\C/C=C\C/C=C\C/C=C\CCCCC)C(O)/C=C/CCCCCCCCCCCCC)OC(CO)C(O)C1O. The Morgan fingerprint density at radius 2 is 0.828 bits per heavy atom. The highest BCUT2D eigenvalue weighted by molar-refractivity contribution is 5.80. The fourth-order valence-corrected chi connectivity index (χ4v) is 10.3. The van der Waals surface area contributed by atoms with Crippen LogP contribution >= 0.6 is 0 Å². The molecule has 1 aliphatic heterocycles. The molecule has 498 valence electrons. The summed E-state index contributed by atoms with van der Waals surface area (Å²) in [6.45, 7) is 5.65. The second kappa shape index (κ2) is 62.3. The molecule has 0 aliphatic carbocycles. The van der Waals surface area contributed by atoms with Gasteiger partial charge in [-0.15, -0.1) is 0 Å². The molecule has 0 radical (unpaired) electrons. The number of esters is 1. The van der Waals surface area contributed by atoms with E-state index in [1.807, 2.05) is 6.08 Å². The van der Waals surface area contributed by atoms with Gasteiger partial charge >= 0.3 is 5.97 Å². The predicted octanol–water partition coefficient (Wildman–Crippen LogP) is 18.2. The van der Waals surface area contributed by atoms with Gasteiger partial charge in [-0.05, 0) is 116 Å².